The van der Waals surface area contributed by atoms with Gasteiger partial charge in [-0.3, -0.25) is 18.8 Å². The summed E-state index contributed by atoms with van der Waals surface area (Å²) in [5.41, 5.74) is 3.02. The van der Waals surface area contributed by atoms with E-state index in [1.165, 1.54) is 19.1 Å². The molecule has 1 N–H and O–H groups in total. The Hall–Kier alpha value is -4.40. The highest BCUT2D eigenvalue weighted by Gasteiger charge is 2.30. The molecule has 0 saturated carbocycles. The van der Waals surface area contributed by atoms with Crippen molar-refractivity contribution in [3.63, 3.8) is 0 Å². The Kier molecular flexibility index (Phi) is 5.62. The van der Waals surface area contributed by atoms with E-state index in [0.29, 0.717) is 29.0 Å². The number of hydrogen-bond acceptors (Lipinski definition) is 3. The number of aryl methyl sites for hydroxylation is 1. The lowest BCUT2D eigenvalue weighted by Crippen LogP contribution is -2.22. The van der Waals surface area contributed by atoms with Crippen LogP contribution in [0.15, 0.2) is 72.9 Å². The maximum absolute atomic E-state index is 13.0. The minimum Gasteiger partial charge on any atom is -0.348 e. The second-order valence-corrected chi connectivity index (χ2v) is 8.59. The molecule has 1 amide bonds. The molecule has 5 rings (SSSR count). The van der Waals surface area contributed by atoms with E-state index in [2.05, 4.69) is 10.4 Å². The number of alkyl halides is 3. The lowest BCUT2D eigenvalue weighted by molar-refractivity contribution is -0.137. The summed E-state index contributed by atoms with van der Waals surface area (Å²) in [7, 11) is 1.76. The van der Waals surface area contributed by atoms with Crippen LogP contribution in [0.4, 0.5) is 13.2 Å². The minimum atomic E-state index is -4.42. The molecule has 0 fully saturated rings. The summed E-state index contributed by atoms with van der Waals surface area (Å²) in [4.78, 5) is 24.3. The molecule has 9 heteroatoms. The number of carbonyl (C=O) groups is 2. The first-order valence-corrected chi connectivity index (χ1v) is 11.2. The van der Waals surface area contributed by atoms with Crippen LogP contribution in [0.25, 0.3) is 27.6 Å². The largest absolute Gasteiger partial charge is 0.416 e. The number of nitrogens with one attached hydrogen (secondary N) is 1. The van der Waals surface area contributed by atoms with Crippen LogP contribution in [0.2, 0.25) is 0 Å². The van der Waals surface area contributed by atoms with E-state index in [1.54, 1.807) is 58.8 Å². The van der Waals surface area contributed by atoms with Crippen LogP contribution >= 0.6 is 0 Å². The Morgan fingerprint density at radius 3 is 2.22 bits per heavy atom. The average molecular weight is 490 g/mol. The van der Waals surface area contributed by atoms with Crippen molar-refractivity contribution in [2.24, 2.45) is 7.05 Å². The van der Waals surface area contributed by atoms with Gasteiger partial charge in [0.05, 0.1) is 11.1 Å². The topological polar surface area (TPSA) is 68.9 Å². The van der Waals surface area contributed by atoms with Crippen LogP contribution < -0.4 is 5.32 Å². The number of ketones is 1. The van der Waals surface area contributed by atoms with Crippen LogP contribution in [0, 0.1) is 0 Å². The van der Waals surface area contributed by atoms with Gasteiger partial charge >= 0.3 is 6.18 Å². The van der Waals surface area contributed by atoms with E-state index < -0.39 is 11.7 Å². The number of nitrogens with zero attached hydrogens (tertiary/aromatic N) is 3. The fourth-order valence-electron chi connectivity index (χ4n) is 4.24. The normalized spacial score (nSPS) is 11.8. The summed E-state index contributed by atoms with van der Waals surface area (Å²) in [6.45, 7) is 1.79. The van der Waals surface area contributed by atoms with E-state index in [4.69, 9.17) is 0 Å². The van der Waals surface area contributed by atoms with Gasteiger partial charge in [-0.25, -0.2) is 0 Å². The zero-order valence-corrected chi connectivity index (χ0v) is 19.4. The first-order valence-electron chi connectivity index (χ1n) is 11.2. The predicted octanol–water partition coefficient (Wildman–Crippen LogP) is 5.67. The quantitative estimate of drug-likeness (QED) is 0.323. The number of fused-ring (bicyclic) bond motifs is 3. The van der Waals surface area contributed by atoms with Gasteiger partial charge in [-0.05, 0) is 55.0 Å². The highest BCUT2D eigenvalue weighted by molar-refractivity contribution is 6.10. The average Bonchev–Trinajstić information content (AvgIpc) is 3.36. The Morgan fingerprint density at radius 1 is 0.917 bits per heavy atom. The minimum absolute atomic E-state index is 0.0242. The number of hydrogen-bond donors (Lipinski definition) is 1. The van der Waals surface area contributed by atoms with Gasteiger partial charge in [-0.2, -0.15) is 18.3 Å². The fourth-order valence-corrected chi connectivity index (χ4v) is 4.24. The first kappa shape index (κ1) is 23.3. The lowest BCUT2D eigenvalue weighted by atomic mass is 10.1. The maximum atomic E-state index is 13.0. The monoisotopic (exact) mass is 490 g/mol. The maximum Gasteiger partial charge on any atom is 0.416 e. The van der Waals surface area contributed by atoms with Gasteiger partial charge in [0.25, 0.3) is 5.91 Å². The summed E-state index contributed by atoms with van der Waals surface area (Å²) in [6.07, 6.45) is -2.61. The molecule has 0 aliphatic carbocycles. The molecule has 5 aromatic rings. The molecule has 36 heavy (non-hydrogen) atoms. The van der Waals surface area contributed by atoms with Gasteiger partial charge in [0.2, 0.25) is 0 Å². The van der Waals surface area contributed by atoms with Crippen molar-refractivity contribution in [1.82, 2.24) is 19.7 Å². The van der Waals surface area contributed by atoms with Crippen molar-refractivity contribution in [3.05, 3.63) is 95.2 Å². The molecule has 182 valence electrons. The molecule has 0 unspecified atom stereocenters. The fraction of sp³-hybridized carbons (Fsp3) is 0.148. The molecule has 2 aromatic heterocycles. The number of amides is 1. The highest BCUT2D eigenvalue weighted by atomic mass is 19.4. The smallest absolute Gasteiger partial charge is 0.348 e. The number of Topliss-reactive ketones (excluding diaryl/α,β-unsaturated/α-hetero) is 1. The molecular weight excluding hydrogens is 469 g/mol. The third kappa shape index (κ3) is 4.24. The second kappa shape index (κ2) is 8.67. The molecule has 0 atom stereocenters. The summed E-state index contributed by atoms with van der Waals surface area (Å²) in [6, 6.07) is 17.1. The van der Waals surface area contributed by atoms with E-state index >= 15 is 0 Å². The van der Waals surface area contributed by atoms with Crippen LogP contribution in [-0.4, -0.2) is 26.0 Å². The van der Waals surface area contributed by atoms with Gasteiger partial charge in [0.15, 0.2) is 11.4 Å². The van der Waals surface area contributed by atoms with Gasteiger partial charge in [0, 0.05) is 47.4 Å². The summed E-state index contributed by atoms with van der Waals surface area (Å²) < 4.78 is 42.5. The number of halogens is 3. The van der Waals surface area contributed by atoms with E-state index in [-0.39, 0.29) is 11.7 Å². The van der Waals surface area contributed by atoms with Crippen LogP contribution in [0.1, 0.15) is 38.8 Å². The molecule has 6 nitrogen and oxygen atoms in total. The molecule has 3 aromatic carbocycles. The van der Waals surface area contributed by atoms with E-state index in [0.717, 1.165) is 34.0 Å². The first-order chi connectivity index (χ1) is 17.1. The molecule has 2 heterocycles. The molecular formula is C27H21F3N4O2. The zero-order chi connectivity index (χ0) is 25.6. The second-order valence-electron chi connectivity index (χ2n) is 8.59. The van der Waals surface area contributed by atoms with Crippen molar-refractivity contribution >= 4 is 33.6 Å². The van der Waals surface area contributed by atoms with Gasteiger partial charge < -0.3 is 5.32 Å². The van der Waals surface area contributed by atoms with Crippen LogP contribution in [0.5, 0.6) is 0 Å². The zero-order valence-electron chi connectivity index (χ0n) is 19.4. The molecule has 0 saturated heterocycles. The van der Waals surface area contributed by atoms with Crippen molar-refractivity contribution in [2.75, 3.05) is 0 Å². The molecule has 0 aliphatic heterocycles. The third-order valence-corrected chi connectivity index (χ3v) is 6.08. The van der Waals surface area contributed by atoms with E-state index in [9.17, 15) is 22.8 Å². The molecule has 0 aliphatic rings. The molecule has 0 radical (unpaired) electrons. The SMILES string of the molecule is CC(=O)c1ccc(CNC(=O)c2ccc3c(c2)c2cn(C)nc2n3-c2ccc(C(F)(F)F)cc2)cc1. The lowest BCUT2D eigenvalue weighted by Gasteiger charge is -2.10. The van der Waals surface area contributed by atoms with Crippen molar-refractivity contribution in [1.29, 1.82) is 0 Å². The standard InChI is InChI=1S/C27H21F3N4O2/c1-16(35)18-5-3-17(4-6-18)14-31-26(36)19-7-12-24-22(13-19)23-15-33(2)32-25(23)34(24)21-10-8-20(9-11-21)27(28,29)30/h3-13,15H,14H2,1-2H3,(H,31,36). The summed E-state index contributed by atoms with van der Waals surface area (Å²) in [5, 5.41) is 8.92. The van der Waals surface area contributed by atoms with Gasteiger partial charge in [-0.1, -0.05) is 24.3 Å². The Balaban J connectivity index is 1.47. The molecule has 0 spiro atoms. The highest BCUT2D eigenvalue weighted by Crippen LogP contribution is 2.34. The van der Waals surface area contributed by atoms with Crippen LogP contribution in [-0.2, 0) is 19.8 Å². The number of benzene rings is 3. The Morgan fingerprint density at radius 2 is 1.58 bits per heavy atom. The van der Waals surface area contributed by atoms with Crippen molar-refractivity contribution in [3.8, 4) is 5.69 Å². The number of rotatable bonds is 5. The molecule has 0 bridgehead atoms. The number of carbonyl (C=O) groups excluding carboxylic acids is 2. The third-order valence-electron chi connectivity index (χ3n) is 6.08. The van der Waals surface area contributed by atoms with Gasteiger partial charge in [0.1, 0.15) is 0 Å². The predicted molar refractivity (Wildman–Crippen MR) is 130 cm³/mol. The van der Waals surface area contributed by atoms with Crippen molar-refractivity contribution in [2.45, 2.75) is 19.6 Å². The van der Waals surface area contributed by atoms with Gasteiger partial charge in [-0.15, -0.1) is 0 Å². The number of aromatic nitrogens is 3. The Labute approximate surface area is 203 Å². The summed E-state index contributed by atoms with van der Waals surface area (Å²) in [5.74, 6) is -0.296. The summed E-state index contributed by atoms with van der Waals surface area (Å²) >= 11 is 0. The van der Waals surface area contributed by atoms with Crippen LogP contribution in [0.3, 0.4) is 0 Å². The Bertz CT molecular complexity index is 1610. The van der Waals surface area contributed by atoms with Crippen molar-refractivity contribution < 1.29 is 22.8 Å². The van der Waals surface area contributed by atoms with E-state index in [1.807, 2.05) is 6.20 Å².